The summed E-state index contributed by atoms with van der Waals surface area (Å²) in [6.07, 6.45) is 5.06. The molecule has 9 nitrogen and oxygen atoms in total. The molecule has 0 spiro atoms. The molecule has 2 saturated heterocycles. The number of piperazine rings is 1. The molecule has 0 amide bonds. The van der Waals surface area contributed by atoms with Crippen molar-refractivity contribution >= 4 is 16.7 Å². The average molecular weight is 522 g/mol. The lowest BCUT2D eigenvalue weighted by Crippen LogP contribution is -2.57. The second-order valence-corrected chi connectivity index (χ2v) is 11.6. The molecular formula is C29H39N5O4. The van der Waals surface area contributed by atoms with Crippen molar-refractivity contribution in [3.63, 3.8) is 0 Å². The number of hydrogen-bond acceptors (Lipinski definition) is 7. The minimum atomic E-state index is -0.633. The molecule has 0 N–H and O–H groups in total. The standard InChI is InChI=1S/C29H39N5O4/c1-18-16-33(19(2)15-32(18)20(3)21-10-11-24-25(13-21)38-29(4,5)37-24)22-14-26(35)31(6)23-17-34(30-28(22)23)27-9-7-8-12-36-27/h10-11,13-14,17-20,27H,7-9,12,15-16H2,1-6H3/t18-,19+,20?,27?/m1/s1. The SMILES string of the molecule is CC(c1ccc2c(c1)OC(C)(C)O2)N1C[C@H](C)N(c2cc(=O)n(C)c3cn(C4CCCCO4)nc23)C[C@H]1C. The van der Waals surface area contributed by atoms with Crippen molar-refractivity contribution in [1.82, 2.24) is 19.2 Å². The van der Waals surface area contributed by atoms with Gasteiger partial charge in [-0.25, -0.2) is 4.68 Å². The second-order valence-electron chi connectivity index (χ2n) is 11.6. The van der Waals surface area contributed by atoms with Crippen molar-refractivity contribution in [1.29, 1.82) is 0 Å². The van der Waals surface area contributed by atoms with Crippen molar-refractivity contribution in [2.45, 2.75) is 84.0 Å². The highest BCUT2D eigenvalue weighted by atomic mass is 16.7. The van der Waals surface area contributed by atoms with Gasteiger partial charge in [-0.1, -0.05) is 6.07 Å². The average Bonchev–Trinajstić information content (AvgIpc) is 3.47. The van der Waals surface area contributed by atoms with Gasteiger partial charge >= 0.3 is 0 Å². The molecule has 5 heterocycles. The van der Waals surface area contributed by atoms with Gasteiger partial charge in [0.2, 0.25) is 5.79 Å². The van der Waals surface area contributed by atoms with E-state index in [-0.39, 0.29) is 29.9 Å². The van der Waals surface area contributed by atoms with Crippen LogP contribution < -0.4 is 19.9 Å². The lowest BCUT2D eigenvalue weighted by molar-refractivity contribution is -0.0432. The lowest BCUT2D eigenvalue weighted by atomic mass is 10.00. The van der Waals surface area contributed by atoms with Crippen molar-refractivity contribution < 1.29 is 14.2 Å². The van der Waals surface area contributed by atoms with Crippen LogP contribution in [0.2, 0.25) is 0 Å². The normalized spacial score (nSPS) is 26.2. The zero-order chi connectivity index (χ0) is 26.8. The van der Waals surface area contributed by atoms with Crippen LogP contribution in [0.15, 0.2) is 35.3 Å². The Morgan fingerprint density at radius 2 is 1.84 bits per heavy atom. The first-order valence-electron chi connectivity index (χ1n) is 13.9. The van der Waals surface area contributed by atoms with E-state index in [2.05, 4.69) is 42.7 Å². The topological polar surface area (TPSA) is 74.0 Å². The summed E-state index contributed by atoms with van der Waals surface area (Å²) in [5, 5.41) is 4.97. The van der Waals surface area contributed by atoms with Crippen LogP contribution in [-0.4, -0.2) is 56.8 Å². The Hall–Kier alpha value is -3.04. The van der Waals surface area contributed by atoms with E-state index in [0.29, 0.717) is 0 Å². The number of ether oxygens (including phenoxy) is 3. The fourth-order valence-corrected chi connectivity index (χ4v) is 6.23. The third-order valence-corrected chi connectivity index (χ3v) is 8.36. The molecule has 4 atom stereocenters. The predicted molar refractivity (Wildman–Crippen MR) is 147 cm³/mol. The molecule has 0 bridgehead atoms. The van der Waals surface area contributed by atoms with Crippen molar-refractivity contribution in [3.8, 4) is 11.5 Å². The molecule has 1 aromatic carbocycles. The quantitative estimate of drug-likeness (QED) is 0.497. The predicted octanol–water partition coefficient (Wildman–Crippen LogP) is 4.60. The molecule has 0 aliphatic carbocycles. The molecule has 0 radical (unpaired) electrons. The summed E-state index contributed by atoms with van der Waals surface area (Å²) < 4.78 is 21.5. The number of nitrogens with zero attached hydrogens (tertiary/aromatic N) is 5. The van der Waals surface area contributed by atoms with Gasteiger partial charge in [0, 0.05) is 64.8 Å². The number of fused-ring (bicyclic) bond motifs is 2. The minimum absolute atomic E-state index is 0.0180. The van der Waals surface area contributed by atoms with Crippen LogP contribution in [0.1, 0.15) is 71.7 Å². The van der Waals surface area contributed by atoms with Gasteiger partial charge in [0.25, 0.3) is 5.56 Å². The second kappa shape index (κ2) is 9.31. The Morgan fingerprint density at radius 1 is 1.05 bits per heavy atom. The van der Waals surface area contributed by atoms with Gasteiger partial charge in [0.15, 0.2) is 11.5 Å². The first-order valence-corrected chi connectivity index (χ1v) is 13.9. The van der Waals surface area contributed by atoms with Gasteiger partial charge in [-0.2, -0.15) is 5.10 Å². The van der Waals surface area contributed by atoms with E-state index in [1.165, 1.54) is 5.56 Å². The lowest BCUT2D eigenvalue weighted by Gasteiger charge is -2.47. The molecule has 2 fully saturated rings. The highest BCUT2D eigenvalue weighted by Gasteiger charge is 2.36. The molecule has 9 heteroatoms. The first kappa shape index (κ1) is 25.2. The molecule has 2 unspecified atom stereocenters. The highest BCUT2D eigenvalue weighted by molar-refractivity contribution is 5.88. The van der Waals surface area contributed by atoms with Crippen LogP contribution in [0.25, 0.3) is 11.0 Å². The van der Waals surface area contributed by atoms with Crippen LogP contribution in [0, 0.1) is 0 Å². The summed E-state index contributed by atoms with van der Waals surface area (Å²) in [7, 11) is 1.82. The summed E-state index contributed by atoms with van der Waals surface area (Å²) in [5.74, 6) is 0.967. The Morgan fingerprint density at radius 3 is 2.61 bits per heavy atom. The summed E-state index contributed by atoms with van der Waals surface area (Å²) in [5.41, 5.74) is 3.81. The number of benzene rings is 1. The number of aryl methyl sites for hydroxylation is 1. The van der Waals surface area contributed by atoms with Crippen LogP contribution >= 0.6 is 0 Å². The Labute approximate surface area is 223 Å². The fraction of sp³-hybridized carbons (Fsp3) is 0.586. The van der Waals surface area contributed by atoms with Gasteiger partial charge in [0.05, 0.1) is 17.4 Å². The van der Waals surface area contributed by atoms with E-state index in [1.807, 2.05) is 37.8 Å². The summed E-state index contributed by atoms with van der Waals surface area (Å²) in [6, 6.07) is 8.70. The molecule has 6 rings (SSSR count). The third kappa shape index (κ3) is 4.35. The van der Waals surface area contributed by atoms with Crippen LogP contribution in [0.5, 0.6) is 11.5 Å². The monoisotopic (exact) mass is 521 g/mol. The van der Waals surface area contributed by atoms with Gasteiger partial charge in [-0.3, -0.25) is 9.69 Å². The van der Waals surface area contributed by atoms with Crippen LogP contribution in [-0.2, 0) is 11.8 Å². The van der Waals surface area contributed by atoms with E-state index < -0.39 is 5.79 Å². The van der Waals surface area contributed by atoms with Gasteiger partial charge < -0.3 is 23.7 Å². The van der Waals surface area contributed by atoms with E-state index >= 15 is 0 Å². The zero-order valence-corrected chi connectivity index (χ0v) is 23.3. The molecule has 3 aliphatic rings. The Kier molecular flexibility index (Phi) is 6.18. The molecule has 3 aromatic rings. The largest absolute Gasteiger partial charge is 0.449 e. The molecule has 38 heavy (non-hydrogen) atoms. The summed E-state index contributed by atoms with van der Waals surface area (Å²) in [4.78, 5) is 17.9. The number of rotatable bonds is 4. The van der Waals surface area contributed by atoms with Crippen LogP contribution in [0.3, 0.4) is 0 Å². The van der Waals surface area contributed by atoms with Crippen LogP contribution in [0.4, 0.5) is 5.69 Å². The van der Waals surface area contributed by atoms with E-state index in [1.54, 1.807) is 10.6 Å². The maximum Gasteiger partial charge on any atom is 0.252 e. The van der Waals surface area contributed by atoms with Gasteiger partial charge in [-0.15, -0.1) is 0 Å². The molecule has 204 valence electrons. The molecule has 2 aromatic heterocycles. The molecular weight excluding hydrogens is 482 g/mol. The maximum absolute atomic E-state index is 13.0. The Bertz CT molecular complexity index is 1410. The van der Waals surface area contributed by atoms with Crippen molar-refractivity contribution in [2.75, 3.05) is 24.6 Å². The fourth-order valence-electron chi connectivity index (χ4n) is 6.23. The van der Waals surface area contributed by atoms with E-state index in [4.69, 9.17) is 19.3 Å². The van der Waals surface area contributed by atoms with Crippen molar-refractivity contribution in [2.24, 2.45) is 7.05 Å². The zero-order valence-electron chi connectivity index (χ0n) is 23.3. The van der Waals surface area contributed by atoms with Gasteiger partial charge in [0.1, 0.15) is 11.7 Å². The number of hydrogen-bond donors (Lipinski definition) is 0. The number of aromatic nitrogens is 3. The molecule has 0 saturated carbocycles. The van der Waals surface area contributed by atoms with E-state index in [0.717, 1.165) is 67.2 Å². The minimum Gasteiger partial charge on any atom is -0.449 e. The summed E-state index contributed by atoms with van der Waals surface area (Å²) >= 11 is 0. The van der Waals surface area contributed by atoms with Crippen molar-refractivity contribution in [3.05, 3.63) is 46.4 Å². The number of anilines is 1. The highest BCUT2D eigenvalue weighted by Crippen LogP contribution is 2.42. The van der Waals surface area contributed by atoms with Gasteiger partial charge in [-0.05, 0) is 57.7 Å². The smallest absolute Gasteiger partial charge is 0.252 e. The van der Waals surface area contributed by atoms with E-state index in [9.17, 15) is 4.79 Å². The molecule has 3 aliphatic heterocycles. The third-order valence-electron chi connectivity index (χ3n) is 8.36. The Balaban J connectivity index is 1.27. The maximum atomic E-state index is 13.0. The first-order chi connectivity index (χ1) is 18.1. The summed E-state index contributed by atoms with van der Waals surface area (Å²) in [6.45, 7) is 13.0. The number of pyridine rings is 1.